The third-order valence-electron chi connectivity index (χ3n) is 1.74. The Kier molecular flexibility index (Phi) is 4.43. The van der Waals surface area contributed by atoms with Crippen LogP contribution >= 0.6 is 11.8 Å². The standard InChI is InChI=1S/C7H14N4O2S2/c1-14-4-2-3-10-15(12,13)6-5-9-11-7(6)8/h5,10H,2-4H2,1H3,(H3,8,9,11). The molecule has 1 aromatic heterocycles. The van der Waals surface area contributed by atoms with E-state index in [1.165, 1.54) is 6.20 Å². The molecule has 0 saturated heterocycles. The van der Waals surface area contributed by atoms with Gasteiger partial charge in [0.15, 0.2) is 0 Å². The number of H-pyrrole nitrogens is 1. The minimum Gasteiger partial charge on any atom is -0.383 e. The second kappa shape index (κ2) is 5.38. The van der Waals surface area contributed by atoms with Crippen molar-refractivity contribution >= 4 is 27.6 Å². The monoisotopic (exact) mass is 250 g/mol. The quantitative estimate of drug-likeness (QED) is 0.618. The highest BCUT2D eigenvalue weighted by Crippen LogP contribution is 2.13. The van der Waals surface area contributed by atoms with Crippen molar-refractivity contribution in [3.63, 3.8) is 0 Å². The summed E-state index contributed by atoms with van der Waals surface area (Å²) in [5.41, 5.74) is 5.42. The van der Waals surface area contributed by atoms with Crippen LogP contribution in [-0.2, 0) is 10.0 Å². The Balaban J connectivity index is 2.57. The largest absolute Gasteiger partial charge is 0.383 e. The fourth-order valence-corrected chi connectivity index (χ4v) is 2.53. The van der Waals surface area contributed by atoms with Gasteiger partial charge in [0.05, 0.1) is 6.20 Å². The van der Waals surface area contributed by atoms with Crippen molar-refractivity contribution in [2.45, 2.75) is 11.3 Å². The van der Waals surface area contributed by atoms with Gasteiger partial charge in [0, 0.05) is 6.54 Å². The summed E-state index contributed by atoms with van der Waals surface area (Å²) in [5, 5.41) is 5.94. The van der Waals surface area contributed by atoms with E-state index in [-0.39, 0.29) is 10.7 Å². The number of thioether (sulfide) groups is 1. The highest BCUT2D eigenvalue weighted by atomic mass is 32.2. The van der Waals surface area contributed by atoms with Crippen LogP contribution in [0.1, 0.15) is 6.42 Å². The van der Waals surface area contributed by atoms with Gasteiger partial charge in [-0.25, -0.2) is 13.1 Å². The predicted octanol–water partition coefficient (Wildman–Crippen LogP) is 0.0233. The zero-order chi connectivity index (χ0) is 11.3. The first-order valence-electron chi connectivity index (χ1n) is 4.35. The van der Waals surface area contributed by atoms with E-state index in [0.717, 1.165) is 12.2 Å². The van der Waals surface area contributed by atoms with E-state index in [1.807, 2.05) is 6.26 Å². The predicted molar refractivity (Wildman–Crippen MR) is 61.2 cm³/mol. The maximum Gasteiger partial charge on any atom is 0.245 e. The Labute approximate surface area is 93.1 Å². The van der Waals surface area contributed by atoms with Crippen LogP contribution in [-0.4, -0.2) is 37.2 Å². The Morgan fingerprint density at radius 2 is 2.40 bits per heavy atom. The van der Waals surface area contributed by atoms with Crippen LogP contribution < -0.4 is 10.5 Å². The van der Waals surface area contributed by atoms with Gasteiger partial charge in [0.25, 0.3) is 0 Å². The number of nitrogen functional groups attached to an aromatic ring is 1. The summed E-state index contributed by atoms with van der Waals surface area (Å²) in [6, 6.07) is 0. The fraction of sp³-hybridized carbons (Fsp3) is 0.571. The van der Waals surface area contributed by atoms with Crippen LogP contribution in [0.25, 0.3) is 0 Å². The van der Waals surface area contributed by atoms with Crippen LogP contribution in [0.2, 0.25) is 0 Å². The first kappa shape index (κ1) is 12.3. The van der Waals surface area contributed by atoms with Gasteiger partial charge in [-0.05, 0) is 18.4 Å². The normalized spacial score (nSPS) is 11.8. The van der Waals surface area contributed by atoms with E-state index >= 15 is 0 Å². The molecule has 8 heteroatoms. The average molecular weight is 250 g/mol. The summed E-state index contributed by atoms with van der Waals surface area (Å²) in [5.74, 6) is 0.982. The van der Waals surface area contributed by atoms with Gasteiger partial charge in [-0.15, -0.1) is 0 Å². The molecule has 15 heavy (non-hydrogen) atoms. The molecule has 1 rings (SSSR count). The summed E-state index contributed by atoms with van der Waals surface area (Å²) < 4.78 is 25.7. The molecular weight excluding hydrogens is 236 g/mol. The minimum atomic E-state index is -3.51. The Morgan fingerprint density at radius 1 is 1.67 bits per heavy atom. The molecule has 0 radical (unpaired) electrons. The number of nitrogens with zero attached hydrogens (tertiary/aromatic N) is 1. The smallest absolute Gasteiger partial charge is 0.245 e. The van der Waals surface area contributed by atoms with Gasteiger partial charge in [-0.2, -0.15) is 16.9 Å². The van der Waals surface area contributed by atoms with Gasteiger partial charge in [0.1, 0.15) is 10.7 Å². The van der Waals surface area contributed by atoms with E-state index in [1.54, 1.807) is 11.8 Å². The molecule has 1 aromatic rings. The summed E-state index contributed by atoms with van der Waals surface area (Å²) in [6.45, 7) is 0.411. The maximum atomic E-state index is 11.6. The lowest BCUT2D eigenvalue weighted by Crippen LogP contribution is -2.25. The minimum absolute atomic E-state index is 0.00616. The molecule has 0 amide bonds. The first-order valence-corrected chi connectivity index (χ1v) is 7.23. The molecule has 0 aliphatic heterocycles. The molecule has 0 unspecified atom stereocenters. The second-order valence-electron chi connectivity index (χ2n) is 2.89. The molecule has 86 valence electrons. The highest BCUT2D eigenvalue weighted by Gasteiger charge is 2.18. The number of nitrogens with two attached hydrogens (primary N) is 1. The van der Waals surface area contributed by atoms with E-state index in [2.05, 4.69) is 14.9 Å². The molecule has 0 fully saturated rings. The van der Waals surface area contributed by atoms with Crippen LogP contribution in [0.5, 0.6) is 0 Å². The van der Waals surface area contributed by atoms with Crippen molar-refractivity contribution in [2.24, 2.45) is 0 Å². The molecule has 0 aromatic carbocycles. The Morgan fingerprint density at radius 3 is 2.93 bits per heavy atom. The topological polar surface area (TPSA) is 101 Å². The fourth-order valence-electron chi connectivity index (χ4n) is 1.00. The number of rotatable bonds is 6. The molecule has 4 N–H and O–H groups in total. The lowest BCUT2D eigenvalue weighted by Gasteiger charge is -2.04. The van der Waals surface area contributed by atoms with Crippen molar-refractivity contribution < 1.29 is 8.42 Å². The Bertz CT molecular complexity index is 401. The van der Waals surface area contributed by atoms with Crippen LogP contribution in [0.3, 0.4) is 0 Å². The molecule has 0 saturated carbocycles. The third-order valence-corrected chi connectivity index (χ3v) is 3.92. The summed E-state index contributed by atoms with van der Waals surface area (Å²) in [7, 11) is -3.51. The van der Waals surface area contributed by atoms with E-state index in [0.29, 0.717) is 6.54 Å². The maximum absolute atomic E-state index is 11.6. The van der Waals surface area contributed by atoms with Crippen LogP contribution in [0.15, 0.2) is 11.1 Å². The molecule has 0 bridgehead atoms. The number of hydrogen-bond acceptors (Lipinski definition) is 5. The van der Waals surface area contributed by atoms with Crippen LogP contribution in [0.4, 0.5) is 5.82 Å². The van der Waals surface area contributed by atoms with Gasteiger partial charge in [-0.1, -0.05) is 0 Å². The summed E-state index contributed by atoms with van der Waals surface area (Å²) in [4.78, 5) is 0.00616. The number of anilines is 1. The van der Waals surface area contributed by atoms with Crippen LogP contribution in [0, 0.1) is 0 Å². The zero-order valence-electron chi connectivity index (χ0n) is 8.36. The lowest BCUT2D eigenvalue weighted by atomic mass is 10.5. The van der Waals surface area contributed by atoms with Crippen molar-refractivity contribution in [1.29, 1.82) is 0 Å². The number of aromatic amines is 1. The highest BCUT2D eigenvalue weighted by molar-refractivity contribution is 7.98. The number of sulfonamides is 1. The molecule has 0 aliphatic rings. The number of nitrogens with one attached hydrogen (secondary N) is 2. The van der Waals surface area contributed by atoms with E-state index in [9.17, 15) is 8.42 Å². The van der Waals surface area contributed by atoms with Gasteiger partial charge in [0.2, 0.25) is 10.0 Å². The number of aromatic nitrogens is 2. The third kappa shape index (κ3) is 3.40. The van der Waals surface area contributed by atoms with Gasteiger partial charge in [-0.3, -0.25) is 5.10 Å². The first-order chi connectivity index (χ1) is 7.08. The van der Waals surface area contributed by atoms with E-state index in [4.69, 9.17) is 5.73 Å². The number of hydrogen-bond donors (Lipinski definition) is 3. The lowest BCUT2D eigenvalue weighted by molar-refractivity contribution is 0.581. The molecule has 0 atom stereocenters. The molecule has 1 heterocycles. The second-order valence-corrected chi connectivity index (χ2v) is 5.61. The summed E-state index contributed by atoms with van der Waals surface area (Å²) in [6.07, 6.45) is 3.97. The van der Waals surface area contributed by atoms with Crippen molar-refractivity contribution in [3.8, 4) is 0 Å². The zero-order valence-corrected chi connectivity index (χ0v) is 9.99. The molecular formula is C7H14N4O2S2. The Hall–Kier alpha value is -0.730. The van der Waals surface area contributed by atoms with Crippen molar-refractivity contribution in [1.82, 2.24) is 14.9 Å². The SMILES string of the molecule is CSCCCNS(=O)(=O)c1cn[nH]c1N. The average Bonchev–Trinajstić information content (AvgIpc) is 2.60. The van der Waals surface area contributed by atoms with Gasteiger partial charge >= 0.3 is 0 Å². The molecule has 0 aliphatic carbocycles. The molecule has 0 spiro atoms. The van der Waals surface area contributed by atoms with Crippen molar-refractivity contribution in [2.75, 3.05) is 24.3 Å². The molecule has 6 nitrogen and oxygen atoms in total. The summed E-state index contributed by atoms with van der Waals surface area (Å²) >= 11 is 1.67. The van der Waals surface area contributed by atoms with Gasteiger partial charge < -0.3 is 5.73 Å². The van der Waals surface area contributed by atoms with E-state index < -0.39 is 10.0 Å². The van der Waals surface area contributed by atoms with Crippen molar-refractivity contribution in [3.05, 3.63) is 6.20 Å².